The van der Waals surface area contributed by atoms with E-state index in [0.717, 1.165) is 29.8 Å². The van der Waals surface area contributed by atoms with Gasteiger partial charge in [-0.1, -0.05) is 57.0 Å². The van der Waals surface area contributed by atoms with Gasteiger partial charge in [-0.2, -0.15) is 0 Å². The van der Waals surface area contributed by atoms with Crippen LogP contribution in [0.1, 0.15) is 100.0 Å². The summed E-state index contributed by atoms with van der Waals surface area (Å²) in [6.07, 6.45) is -5.38. The molecule has 364 valence electrons. The Morgan fingerprint density at radius 3 is 2.29 bits per heavy atom. The molecule has 1 aliphatic carbocycles. The maximum absolute atomic E-state index is 15.0. The van der Waals surface area contributed by atoms with Crippen molar-refractivity contribution < 1.29 is 62.2 Å². The smallest absolute Gasteiger partial charge is 0.419 e. The van der Waals surface area contributed by atoms with E-state index >= 15 is 4.79 Å². The number of rotatable bonds is 11. The van der Waals surface area contributed by atoms with Gasteiger partial charge in [-0.3, -0.25) is 14.5 Å². The summed E-state index contributed by atoms with van der Waals surface area (Å²) in [5.41, 5.74) is -2.09. The molecule has 65 heavy (non-hydrogen) atoms. The van der Waals surface area contributed by atoms with Gasteiger partial charge < -0.3 is 43.2 Å². The highest BCUT2D eigenvalue weighted by atomic mass is 35.5. The first kappa shape index (κ1) is 51.1. The molecule has 18 heteroatoms. The number of fused-ring (bicyclic) bond motifs is 1. The number of benzene rings is 1. The first-order valence-corrected chi connectivity index (χ1v) is 23.9. The number of hydrogen-bond acceptors (Lipinski definition) is 14. The van der Waals surface area contributed by atoms with Crippen LogP contribution in [-0.4, -0.2) is 150 Å². The van der Waals surface area contributed by atoms with Gasteiger partial charge in [-0.15, -0.1) is 0 Å². The summed E-state index contributed by atoms with van der Waals surface area (Å²) in [6.45, 7) is 16.5. The highest BCUT2D eigenvalue weighted by Gasteiger charge is 2.61. The van der Waals surface area contributed by atoms with Gasteiger partial charge in [-0.25, -0.2) is 19.3 Å². The van der Waals surface area contributed by atoms with Crippen molar-refractivity contribution in [1.82, 2.24) is 14.7 Å². The molecule has 2 unspecified atom stereocenters. The van der Waals surface area contributed by atoms with E-state index in [1.807, 2.05) is 20.0 Å². The highest BCUT2D eigenvalue weighted by Crippen LogP contribution is 2.44. The Morgan fingerprint density at radius 2 is 1.69 bits per heavy atom. The van der Waals surface area contributed by atoms with E-state index in [4.69, 9.17) is 56.4 Å². The monoisotopic (exact) mass is 953 g/mol. The van der Waals surface area contributed by atoms with E-state index in [1.54, 1.807) is 67.5 Å². The molecule has 5 aliphatic rings. The van der Waals surface area contributed by atoms with Crippen LogP contribution in [-0.2, 0) is 49.2 Å². The Kier molecular flexibility index (Phi) is 16.2. The topological polar surface area (TPSA) is 180 Å². The zero-order chi connectivity index (χ0) is 47.9. The second-order valence-corrected chi connectivity index (χ2v) is 20.5. The van der Waals surface area contributed by atoms with Crippen molar-refractivity contribution in [3.05, 3.63) is 33.8 Å². The van der Waals surface area contributed by atoms with Crippen LogP contribution in [0.15, 0.2) is 18.2 Å². The van der Waals surface area contributed by atoms with Gasteiger partial charge in [0.2, 0.25) is 0 Å². The fourth-order valence-corrected chi connectivity index (χ4v) is 11.0. The van der Waals surface area contributed by atoms with Crippen LogP contribution in [0.4, 0.5) is 14.4 Å². The fraction of sp³-hybridized carbons (Fsp3) is 0.766. The van der Waals surface area contributed by atoms with Crippen molar-refractivity contribution in [3.8, 4) is 0 Å². The van der Waals surface area contributed by atoms with E-state index in [1.165, 1.54) is 12.0 Å². The number of carbonyl (C=O) groups is 5. The number of hydrogen-bond donors (Lipinski definition) is 1. The number of imide groups is 1. The van der Waals surface area contributed by atoms with E-state index in [-0.39, 0.29) is 43.9 Å². The number of ether oxygens (including phenoxy) is 7. The molecule has 0 bridgehead atoms. The van der Waals surface area contributed by atoms with Crippen molar-refractivity contribution in [2.45, 2.75) is 167 Å². The first-order chi connectivity index (χ1) is 30.5. The number of halogens is 2. The van der Waals surface area contributed by atoms with Gasteiger partial charge >= 0.3 is 24.2 Å². The molecule has 1 saturated carbocycles. The van der Waals surface area contributed by atoms with Gasteiger partial charge in [0, 0.05) is 44.0 Å². The predicted octanol–water partition coefficient (Wildman–Crippen LogP) is 7.30. The van der Waals surface area contributed by atoms with Crippen LogP contribution >= 0.6 is 23.2 Å². The summed E-state index contributed by atoms with van der Waals surface area (Å²) in [6, 6.07) is 3.33. The van der Waals surface area contributed by atoms with Crippen LogP contribution in [0.2, 0.25) is 10.0 Å². The second-order valence-electron chi connectivity index (χ2n) is 19.7. The van der Waals surface area contributed by atoms with Crippen molar-refractivity contribution in [3.63, 3.8) is 0 Å². The largest absolute Gasteiger partial charge is 0.458 e. The van der Waals surface area contributed by atoms with Gasteiger partial charge in [0.25, 0.3) is 0 Å². The Hall–Kier alpha value is -3.25. The molecule has 16 nitrogen and oxygen atoms in total. The number of aliphatic hydroxyl groups excluding tert-OH is 1. The van der Waals surface area contributed by atoms with E-state index in [0.29, 0.717) is 28.8 Å². The molecule has 0 radical (unpaired) electrons. The van der Waals surface area contributed by atoms with E-state index in [9.17, 15) is 24.3 Å². The van der Waals surface area contributed by atoms with Crippen molar-refractivity contribution >= 4 is 53.2 Å². The lowest BCUT2D eigenvalue weighted by molar-refractivity contribution is -0.302. The lowest BCUT2D eigenvalue weighted by Gasteiger charge is -2.48. The second kappa shape index (κ2) is 20.5. The summed E-state index contributed by atoms with van der Waals surface area (Å²) >= 11 is 12.5. The molecular formula is C47H69Cl2N3O13. The minimum Gasteiger partial charge on any atom is -0.458 e. The molecule has 4 heterocycles. The van der Waals surface area contributed by atoms with Crippen LogP contribution < -0.4 is 0 Å². The summed E-state index contributed by atoms with van der Waals surface area (Å²) in [7, 11) is 3.47. The zero-order valence-electron chi connectivity index (χ0n) is 39.6. The Labute approximate surface area is 393 Å². The molecule has 4 aliphatic heterocycles. The Morgan fingerprint density at radius 1 is 1.00 bits per heavy atom. The van der Waals surface area contributed by atoms with Gasteiger partial charge in [-0.05, 0) is 104 Å². The predicted molar refractivity (Wildman–Crippen MR) is 239 cm³/mol. The molecule has 3 amide bonds. The maximum Gasteiger partial charge on any atom is 0.419 e. The number of amides is 3. The zero-order valence-corrected chi connectivity index (χ0v) is 41.1. The quantitative estimate of drug-likeness (QED) is 0.173. The Bertz CT molecular complexity index is 1920. The van der Waals surface area contributed by atoms with Crippen LogP contribution in [0.3, 0.4) is 0 Å². The third-order valence-electron chi connectivity index (χ3n) is 14.6. The van der Waals surface area contributed by atoms with Gasteiger partial charge in [0.05, 0.1) is 45.9 Å². The molecule has 4 saturated heterocycles. The molecule has 0 aromatic heterocycles. The third kappa shape index (κ3) is 10.7. The van der Waals surface area contributed by atoms with E-state index < -0.39 is 102 Å². The average molecular weight is 955 g/mol. The number of ketones is 1. The van der Waals surface area contributed by atoms with Crippen molar-refractivity contribution in [2.24, 2.45) is 29.6 Å². The SMILES string of the molecule is CCC1OC(=O)[C@H](C)C(OC(=O)N2C(=O)OC[C@@H]2C)[C@H](C)[C@@H](O[C@@H]2O[C@H](C)C[C@H](N(C)CC3CC3)[C@H]2O)[C@](C)(OC)C[C@@H](C)C(=O)[C@H](C)[C@H]2N(CCc3ccc(Cl)c(Cl)c3)C(=O)O[C@]12C. The number of cyclic esters (lactones) is 2. The summed E-state index contributed by atoms with van der Waals surface area (Å²) in [5, 5.41) is 12.8. The normalized spacial score (nSPS) is 38.5. The number of aliphatic hydroxyl groups is 1. The average Bonchev–Trinajstić information content (AvgIpc) is 3.95. The molecular weight excluding hydrogens is 885 g/mol. The number of esters is 1. The van der Waals surface area contributed by atoms with Crippen LogP contribution in [0.25, 0.3) is 0 Å². The van der Waals surface area contributed by atoms with Crippen molar-refractivity contribution in [1.29, 1.82) is 0 Å². The number of methoxy groups -OCH3 is 1. The minimum absolute atomic E-state index is 0.0455. The lowest BCUT2D eigenvalue weighted by Crippen LogP contribution is -2.61. The molecule has 1 aromatic rings. The third-order valence-corrected chi connectivity index (χ3v) is 15.4. The fourth-order valence-electron chi connectivity index (χ4n) is 10.7. The standard InChI is InChI=1S/C47H69Cl2N3O13/c1-12-35-47(9)39(51(43(56)65-47)18-17-30-15-16-32(48)33(49)20-30)27(5)36(53)24(2)21-46(8,59-11)40(64-42-37(54)34(19-26(4)61-42)50(10)22-31-13-14-31)28(6)38(29(7)41(55)62-35)63-45(58)52-25(3)23-60-44(52)57/h15-16,20,24-29,31,34-35,37-40,42,54H,12-14,17-19,21-23H2,1-11H3/t24-,25+,26-,27+,28+,29-,34+,35?,37-,38?,39-,40-,42+,46-,47-/m1/s1. The summed E-state index contributed by atoms with van der Waals surface area (Å²) in [5.74, 6) is -4.19. The molecule has 0 spiro atoms. The van der Waals surface area contributed by atoms with E-state index in [2.05, 4.69) is 4.90 Å². The number of nitrogens with zero attached hydrogens (tertiary/aromatic N) is 3. The molecule has 6 rings (SSSR count). The highest BCUT2D eigenvalue weighted by molar-refractivity contribution is 6.42. The van der Waals surface area contributed by atoms with Crippen LogP contribution in [0, 0.1) is 29.6 Å². The molecule has 5 fully saturated rings. The summed E-state index contributed by atoms with van der Waals surface area (Å²) < 4.78 is 43.6. The lowest BCUT2D eigenvalue weighted by atomic mass is 9.73. The minimum atomic E-state index is -1.52. The van der Waals surface area contributed by atoms with Crippen LogP contribution in [0.5, 0.6) is 0 Å². The maximum atomic E-state index is 15.0. The number of likely N-dealkylation sites (N-methyl/N-ethyl adjacent to an activating group) is 1. The van der Waals surface area contributed by atoms with Gasteiger partial charge in [0.15, 0.2) is 11.9 Å². The molecule has 1 aromatic carbocycles. The number of carbonyl (C=O) groups excluding carboxylic acids is 5. The number of Topliss-reactive ketones (excluding diaryl/α,β-unsaturated/α-hetero) is 1. The Balaban J connectivity index is 1.42. The van der Waals surface area contributed by atoms with Gasteiger partial charge in [0.1, 0.15) is 30.7 Å². The summed E-state index contributed by atoms with van der Waals surface area (Å²) in [4.78, 5) is 75.2. The molecule has 15 atom stereocenters. The first-order valence-electron chi connectivity index (χ1n) is 23.1. The molecule has 1 N–H and O–H groups in total. The van der Waals surface area contributed by atoms with Crippen molar-refractivity contribution in [2.75, 3.05) is 33.9 Å².